The summed E-state index contributed by atoms with van der Waals surface area (Å²) in [6.45, 7) is 3.31. The van der Waals surface area contributed by atoms with E-state index in [0.717, 1.165) is 5.00 Å². The smallest absolute Gasteiger partial charge is 0.185 e. The van der Waals surface area contributed by atoms with Crippen molar-refractivity contribution < 1.29 is 0 Å². The van der Waals surface area contributed by atoms with Gasteiger partial charge in [-0.25, -0.2) is 4.98 Å². The van der Waals surface area contributed by atoms with E-state index < -0.39 is 0 Å². The van der Waals surface area contributed by atoms with Crippen molar-refractivity contribution in [1.82, 2.24) is 4.98 Å². The van der Waals surface area contributed by atoms with Crippen molar-refractivity contribution in [2.45, 2.75) is 0 Å². The predicted octanol–water partition coefficient (Wildman–Crippen LogP) is 2.13. The average Bonchev–Trinajstić information content (AvgIpc) is 2.14. The van der Waals surface area contributed by atoms with Crippen LogP contribution in [0.4, 0.5) is 5.00 Å². The molecule has 0 N–H and O–H groups in total. The van der Waals surface area contributed by atoms with E-state index in [2.05, 4.69) is 16.7 Å². The lowest BCUT2D eigenvalue weighted by Gasteiger charge is -1.71. The second-order valence-electron chi connectivity index (χ2n) is 1.11. The summed E-state index contributed by atoms with van der Waals surface area (Å²) in [5.41, 5.74) is 0. The highest BCUT2D eigenvalue weighted by Crippen LogP contribution is 2.24. The van der Waals surface area contributed by atoms with Crippen LogP contribution in [0, 0.1) is 0 Å². The van der Waals surface area contributed by atoms with Crippen LogP contribution in [-0.2, 0) is 0 Å². The lowest BCUT2D eigenvalue weighted by molar-refractivity contribution is 1.41. The van der Waals surface area contributed by atoms with Crippen LogP contribution in [0.1, 0.15) is 0 Å². The monoisotopic (exact) mass is 146 g/mol. The summed E-state index contributed by atoms with van der Waals surface area (Å²) in [5, 5.41) is 0.759. The minimum Gasteiger partial charge on any atom is -0.252 e. The van der Waals surface area contributed by atoms with Gasteiger partial charge in [-0.15, -0.1) is 0 Å². The lowest BCUT2D eigenvalue weighted by atomic mass is 10.9. The summed E-state index contributed by atoms with van der Waals surface area (Å²) in [4.78, 5) is 7.35. The van der Waals surface area contributed by atoms with Gasteiger partial charge in [-0.2, -0.15) is 0 Å². The molecule has 0 spiro atoms. The zero-order valence-electron chi connectivity index (χ0n) is 3.97. The quantitative estimate of drug-likeness (QED) is 0.558. The van der Waals surface area contributed by atoms with Gasteiger partial charge in [0.15, 0.2) is 4.47 Å². The number of hydrogen-bond acceptors (Lipinski definition) is 3. The molecule has 0 saturated heterocycles. The van der Waals surface area contributed by atoms with Crippen LogP contribution >= 0.6 is 22.9 Å². The summed E-state index contributed by atoms with van der Waals surface area (Å²) >= 11 is 6.77. The van der Waals surface area contributed by atoms with Gasteiger partial charge >= 0.3 is 0 Å². The molecule has 4 heteroatoms. The summed E-state index contributed by atoms with van der Waals surface area (Å²) in [6.07, 6.45) is 1.58. The first-order chi connectivity index (χ1) is 3.83. The highest BCUT2D eigenvalue weighted by atomic mass is 35.5. The Hall–Kier alpha value is -0.410. The summed E-state index contributed by atoms with van der Waals surface area (Å²) in [6, 6.07) is 0. The summed E-state index contributed by atoms with van der Waals surface area (Å²) < 4.78 is 0.507. The Balaban J connectivity index is 3.00. The molecule has 1 aromatic heterocycles. The van der Waals surface area contributed by atoms with Crippen molar-refractivity contribution in [2.75, 3.05) is 0 Å². The van der Waals surface area contributed by atoms with Crippen LogP contribution in [0.5, 0.6) is 0 Å². The fourth-order valence-electron chi connectivity index (χ4n) is 0.318. The van der Waals surface area contributed by atoms with Gasteiger partial charge in [0.1, 0.15) is 5.00 Å². The molecule has 0 atom stereocenters. The number of thiazole rings is 1. The van der Waals surface area contributed by atoms with E-state index in [1.54, 1.807) is 6.20 Å². The first-order valence-corrected chi connectivity index (χ1v) is 3.10. The molecule has 0 saturated carbocycles. The maximum absolute atomic E-state index is 5.46. The van der Waals surface area contributed by atoms with Crippen molar-refractivity contribution in [3.8, 4) is 0 Å². The van der Waals surface area contributed by atoms with Crippen molar-refractivity contribution in [3.05, 3.63) is 10.7 Å². The topological polar surface area (TPSA) is 25.2 Å². The van der Waals surface area contributed by atoms with Gasteiger partial charge in [0.2, 0.25) is 0 Å². The van der Waals surface area contributed by atoms with Gasteiger partial charge in [-0.05, 0) is 6.72 Å². The van der Waals surface area contributed by atoms with Crippen molar-refractivity contribution in [2.24, 2.45) is 4.99 Å². The number of nitrogens with zero attached hydrogens (tertiary/aromatic N) is 2. The zero-order chi connectivity index (χ0) is 5.98. The minimum absolute atomic E-state index is 0.507. The lowest BCUT2D eigenvalue weighted by Crippen LogP contribution is -1.48. The van der Waals surface area contributed by atoms with Crippen LogP contribution in [0.2, 0.25) is 4.47 Å². The van der Waals surface area contributed by atoms with Crippen LogP contribution in [0.25, 0.3) is 0 Å². The highest BCUT2D eigenvalue weighted by molar-refractivity contribution is 7.19. The third-order valence-corrected chi connectivity index (χ3v) is 1.67. The molecule has 1 heterocycles. The van der Waals surface area contributed by atoms with Gasteiger partial charge < -0.3 is 0 Å². The molecule has 1 aromatic rings. The Labute approximate surface area is 55.9 Å². The van der Waals surface area contributed by atoms with Gasteiger partial charge in [-0.1, -0.05) is 22.9 Å². The standard InChI is InChI=1S/C4H3ClN2S/c1-6-3-2-7-4(5)8-3/h2H,1H2. The van der Waals surface area contributed by atoms with E-state index in [9.17, 15) is 0 Å². The van der Waals surface area contributed by atoms with Crippen molar-refractivity contribution in [1.29, 1.82) is 0 Å². The largest absolute Gasteiger partial charge is 0.252 e. The Morgan fingerprint density at radius 3 is 2.88 bits per heavy atom. The molecule has 0 amide bonds. The van der Waals surface area contributed by atoms with Gasteiger partial charge in [-0.3, -0.25) is 4.99 Å². The van der Waals surface area contributed by atoms with Crippen LogP contribution in [0.15, 0.2) is 11.2 Å². The average molecular weight is 147 g/mol. The molecule has 0 unspecified atom stereocenters. The Kier molecular flexibility index (Phi) is 1.60. The van der Waals surface area contributed by atoms with Gasteiger partial charge in [0.25, 0.3) is 0 Å². The van der Waals surface area contributed by atoms with E-state index in [1.165, 1.54) is 11.3 Å². The summed E-state index contributed by atoms with van der Waals surface area (Å²) in [7, 11) is 0. The molecule has 0 bridgehead atoms. The third kappa shape index (κ3) is 1.05. The Morgan fingerprint density at radius 1 is 1.88 bits per heavy atom. The number of halogens is 1. The van der Waals surface area contributed by atoms with Crippen molar-refractivity contribution >= 4 is 34.7 Å². The first-order valence-electron chi connectivity index (χ1n) is 1.91. The molecular formula is C4H3ClN2S. The molecule has 0 fully saturated rings. The van der Waals surface area contributed by atoms with E-state index in [-0.39, 0.29) is 0 Å². The number of rotatable bonds is 1. The second kappa shape index (κ2) is 2.24. The molecule has 2 nitrogen and oxygen atoms in total. The summed E-state index contributed by atoms with van der Waals surface area (Å²) in [5.74, 6) is 0. The number of hydrogen-bond donors (Lipinski definition) is 0. The van der Waals surface area contributed by atoms with Crippen LogP contribution in [-0.4, -0.2) is 11.7 Å². The molecule has 0 aliphatic carbocycles. The Morgan fingerprint density at radius 2 is 2.62 bits per heavy atom. The minimum atomic E-state index is 0.507. The SMILES string of the molecule is C=Nc1cnc(Cl)s1. The second-order valence-corrected chi connectivity index (χ2v) is 2.70. The maximum Gasteiger partial charge on any atom is 0.185 e. The highest BCUT2D eigenvalue weighted by Gasteiger charge is 1.92. The molecule has 0 radical (unpaired) electrons. The van der Waals surface area contributed by atoms with E-state index in [0.29, 0.717) is 4.47 Å². The van der Waals surface area contributed by atoms with Crippen LogP contribution < -0.4 is 0 Å². The number of aromatic nitrogens is 1. The third-order valence-electron chi connectivity index (χ3n) is 0.621. The molecule has 0 aliphatic heterocycles. The van der Waals surface area contributed by atoms with Gasteiger partial charge in [0, 0.05) is 0 Å². The fourth-order valence-corrected chi connectivity index (χ4v) is 1.05. The van der Waals surface area contributed by atoms with Crippen LogP contribution in [0.3, 0.4) is 0 Å². The number of aliphatic imine (C=N–C) groups is 1. The first kappa shape index (κ1) is 5.72. The van der Waals surface area contributed by atoms with Crippen molar-refractivity contribution in [3.63, 3.8) is 0 Å². The molecular weight excluding hydrogens is 144 g/mol. The maximum atomic E-state index is 5.46. The zero-order valence-corrected chi connectivity index (χ0v) is 5.54. The van der Waals surface area contributed by atoms with E-state index >= 15 is 0 Å². The molecule has 0 aromatic carbocycles. The normalized spacial score (nSPS) is 9.12. The molecule has 0 aliphatic rings. The predicted molar refractivity (Wildman–Crippen MR) is 36.3 cm³/mol. The Bertz CT molecular complexity index is 196. The van der Waals surface area contributed by atoms with E-state index in [1.807, 2.05) is 0 Å². The molecule has 42 valence electrons. The fraction of sp³-hybridized carbons (Fsp3) is 0. The molecule has 1 rings (SSSR count). The molecule has 8 heavy (non-hydrogen) atoms. The van der Waals surface area contributed by atoms with Gasteiger partial charge in [0.05, 0.1) is 6.20 Å². The van der Waals surface area contributed by atoms with E-state index in [4.69, 9.17) is 11.6 Å².